The van der Waals surface area contributed by atoms with E-state index in [2.05, 4.69) is 25.5 Å². The first-order chi connectivity index (χ1) is 8.25. The molecule has 3 N–H and O–H groups in total. The fourth-order valence-electron chi connectivity index (χ4n) is 1.18. The lowest BCUT2D eigenvalue weighted by atomic mass is 10.3. The summed E-state index contributed by atoms with van der Waals surface area (Å²) in [5, 5.41) is 10.2. The Kier molecular flexibility index (Phi) is 3.20. The Morgan fingerprint density at radius 2 is 2.29 bits per heavy atom. The minimum atomic E-state index is -0.351. The number of nitrogens with two attached hydrogens (primary N) is 1. The summed E-state index contributed by atoms with van der Waals surface area (Å²) in [6, 6.07) is 3.51. The van der Waals surface area contributed by atoms with E-state index in [0.717, 1.165) is 0 Å². The monoisotopic (exact) mass is 230 g/mol. The Morgan fingerprint density at radius 1 is 1.41 bits per heavy atom. The van der Waals surface area contributed by atoms with Crippen LogP contribution in [0.4, 0.5) is 5.82 Å². The van der Waals surface area contributed by atoms with Gasteiger partial charge in [0.1, 0.15) is 11.5 Å². The van der Waals surface area contributed by atoms with Crippen LogP contribution in [-0.4, -0.2) is 26.1 Å². The maximum atomic E-state index is 11.7. The molecule has 0 aliphatic rings. The third kappa shape index (κ3) is 2.94. The average molecular weight is 230 g/mol. The third-order valence-electron chi connectivity index (χ3n) is 1.94. The van der Waals surface area contributed by atoms with Gasteiger partial charge in [0.15, 0.2) is 0 Å². The van der Waals surface area contributed by atoms with Gasteiger partial charge in [0.25, 0.3) is 5.91 Å². The van der Waals surface area contributed by atoms with Crippen molar-refractivity contribution in [3.8, 4) is 0 Å². The number of amides is 1. The van der Waals surface area contributed by atoms with Crippen LogP contribution in [0.1, 0.15) is 16.2 Å². The van der Waals surface area contributed by atoms with Crippen molar-refractivity contribution in [3.63, 3.8) is 0 Å². The van der Waals surface area contributed by atoms with Gasteiger partial charge in [-0.05, 0) is 12.1 Å². The van der Waals surface area contributed by atoms with E-state index in [9.17, 15) is 4.79 Å². The zero-order valence-corrected chi connectivity index (χ0v) is 8.87. The molecular weight excluding hydrogens is 220 g/mol. The molecule has 0 atom stereocenters. The van der Waals surface area contributed by atoms with Gasteiger partial charge >= 0.3 is 0 Å². The Labute approximate surface area is 97.1 Å². The van der Waals surface area contributed by atoms with E-state index in [0.29, 0.717) is 5.69 Å². The molecule has 0 spiro atoms. The molecule has 2 rings (SSSR count). The number of aromatic nitrogens is 4. The quantitative estimate of drug-likeness (QED) is 0.754. The Morgan fingerprint density at radius 3 is 3.00 bits per heavy atom. The third-order valence-corrected chi connectivity index (χ3v) is 1.94. The van der Waals surface area contributed by atoms with E-state index in [4.69, 9.17) is 5.73 Å². The maximum Gasteiger partial charge on any atom is 0.271 e. The molecule has 17 heavy (non-hydrogen) atoms. The first kappa shape index (κ1) is 10.9. The molecule has 0 unspecified atom stereocenters. The Balaban J connectivity index is 1.98. The largest absolute Gasteiger partial charge is 0.382 e. The molecule has 2 heterocycles. The van der Waals surface area contributed by atoms with Crippen LogP contribution in [0, 0.1) is 0 Å². The van der Waals surface area contributed by atoms with E-state index in [1.165, 1.54) is 12.4 Å². The summed E-state index contributed by atoms with van der Waals surface area (Å²) < 4.78 is 0. The predicted octanol–water partition coefficient (Wildman–Crippen LogP) is -0.221. The Hall–Kier alpha value is -2.57. The van der Waals surface area contributed by atoms with Crippen LogP contribution in [0.25, 0.3) is 0 Å². The summed E-state index contributed by atoms with van der Waals surface area (Å²) in [5.41, 5.74) is 6.27. The average Bonchev–Trinajstić information content (AvgIpc) is 2.37. The van der Waals surface area contributed by atoms with E-state index in [1.54, 1.807) is 18.3 Å². The standard InChI is InChI=1S/C10H10N6O/c11-9-6-12-5-8(15-9)10(17)13-4-7-2-1-3-14-16-7/h1-3,5-6H,4H2,(H2,11,15)(H,13,17). The summed E-state index contributed by atoms with van der Waals surface area (Å²) >= 11 is 0. The lowest BCUT2D eigenvalue weighted by molar-refractivity contribution is 0.0945. The highest BCUT2D eigenvalue weighted by atomic mass is 16.1. The molecule has 0 radical (unpaired) electrons. The number of hydrogen-bond acceptors (Lipinski definition) is 6. The van der Waals surface area contributed by atoms with Crippen molar-refractivity contribution in [2.75, 3.05) is 5.73 Å². The van der Waals surface area contributed by atoms with Crippen molar-refractivity contribution >= 4 is 11.7 Å². The summed E-state index contributed by atoms with van der Waals surface area (Å²) in [5.74, 6) is -0.146. The number of anilines is 1. The van der Waals surface area contributed by atoms with Crippen LogP contribution in [-0.2, 0) is 6.54 Å². The first-order valence-electron chi connectivity index (χ1n) is 4.88. The zero-order chi connectivity index (χ0) is 12.1. The smallest absolute Gasteiger partial charge is 0.271 e. The highest BCUT2D eigenvalue weighted by Crippen LogP contribution is 1.98. The zero-order valence-electron chi connectivity index (χ0n) is 8.87. The number of nitrogens with one attached hydrogen (secondary N) is 1. The predicted molar refractivity (Wildman–Crippen MR) is 59.6 cm³/mol. The minimum Gasteiger partial charge on any atom is -0.382 e. The molecular formula is C10H10N6O. The second-order valence-corrected chi connectivity index (χ2v) is 3.23. The molecule has 0 aliphatic heterocycles. The van der Waals surface area contributed by atoms with Crippen molar-refractivity contribution in [2.45, 2.75) is 6.54 Å². The highest BCUT2D eigenvalue weighted by molar-refractivity contribution is 5.92. The van der Waals surface area contributed by atoms with Crippen LogP contribution in [0.15, 0.2) is 30.7 Å². The van der Waals surface area contributed by atoms with Gasteiger partial charge in [-0.15, -0.1) is 0 Å². The Bertz CT molecular complexity index is 515. The second kappa shape index (κ2) is 4.97. The highest BCUT2D eigenvalue weighted by Gasteiger charge is 2.07. The summed E-state index contributed by atoms with van der Waals surface area (Å²) in [7, 11) is 0. The summed E-state index contributed by atoms with van der Waals surface area (Å²) in [6.07, 6.45) is 4.29. The van der Waals surface area contributed by atoms with E-state index < -0.39 is 0 Å². The molecule has 2 aromatic heterocycles. The van der Waals surface area contributed by atoms with Crippen molar-refractivity contribution in [3.05, 3.63) is 42.1 Å². The van der Waals surface area contributed by atoms with Crippen LogP contribution in [0.5, 0.6) is 0 Å². The van der Waals surface area contributed by atoms with Crippen molar-refractivity contribution in [2.24, 2.45) is 0 Å². The lowest BCUT2D eigenvalue weighted by Gasteiger charge is -2.03. The van der Waals surface area contributed by atoms with Gasteiger partial charge in [0, 0.05) is 6.20 Å². The number of hydrogen-bond donors (Lipinski definition) is 2. The first-order valence-corrected chi connectivity index (χ1v) is 4.88. The number of nitrogens with zero attached hydrogens (tertiary/aromatic N) is 4. The molecule has 2 aromatic rings. The second-order valence-electron chi connectivity index (χ2n) is 3.23. The van der Waals surface area contributed by atoms with Gasteiger partial charge in [0.05, 0.1) is 24.6 Å². The molecule has 0 aromatic carbocycles. The SMILES string of the molecule is Nc1cncc(C(=O)NCc2cccnn2)n1. The van der Waals surface area contributed by atoms with Gasteiger partial charge in [-0.3, -0.25) is 9.78 Å². The molecule has 0 bridgehead atoms. The van der Waals surface area contributed by atoms with Crippen molar-refractivity contribution in [1.29, 1.82) is 0 Å². The van der Waals surface area contributed by atoms with E-state index in [-0.39, 0.29) is 24.0 Å². The maximum absolute atomic E-state index is 11.7. The molecule has 7 heteroatoms. The number of rotatable bonds is 3. The van der Waals surface area contributed by atoms with Crippen molar-refractivity contribution in [1.82, 2.24) is 25.5 Å². The number of carbonyl (C=O) groups is 1. The normalized spacial score (nSPS) is 9.88. The molecule has 0 aliphatic carbocycles. The molecule has 0 fully saturated rings. The van der Waals surface area contributed by atoms with Crippen LogP contribution < -0.4 is 11.1 Å². The fourth-order valence-corrected chi connectivity index (χ4v) is 1.18. The molecule has 0 saturated carbocycles. The minimum absolute atomic E-state index is 0.175. The van der Waals surface area contributed by atoms with Crippen LogP contribution in [0.2, 0.25) is 0 Å². The van der Waals surface area contributed by atoms with Crippen LogP contribution >= 0.6 is 0 Å². The number of nitrogen functional groups attached to an aromatic ring is 1. The van der Waals surface area contributed by atoms with E-state index in [1.807, 2.05) is 0 Å². The van der Waals surface area contributed by atoms with Crippen LogP contribution in [0.3, 0.4) is 0 Å². The topological polar surface area (TPSA) is 107 Å². The van der Waals surface area contributed by atoms with Gasteiger partial charge in [-0.2, -0.15) is 10.2 Å². The fraction of sp³-hybridized carbons (Fsp3) is 0.100. The van der Waals surface area contributed by atoms with Crippen molar-refractivity contribution < 1.29 is 4.79 Å². The van der Waals surface area contributed by atoms with Gasteiger partial charge in [0.2, 0.25) is 0 Å². The summed E-state index contributed by atoms with van der Waals surface area (Å²) in [4.78, 5) is 19.3. The summed E-state index contributed by atoms with van der Waals surface area (Å²) in [6.45, 7) is 0.281. The van der Waals surface area contributed by atoms with Gasteiger partial charge < -0.3 is 11.1 Å². The molecule has 7 nitrogen and oxygen atoms in total. The van der Waals surface area contributed by atoms with Gasteiger partial charge in [-0.1, -0.05) is 0 Å². The van der Waals surface area contributed by atoms with Gasteiger partial charge in [-0.25, -0.2) is 4.98 Å². The number of carbonyl (C=O) groups excluding carboxylic acids is 1. The lowest BCUT2D eigenvalue weighted by Crippen LogP contribution is -2.24. The molecule has 1 amide bonds. The molecule has 0 saturated heterocycles. The van der Waals surface area contributed by atoms with E-state index >= 15 is 0 Å². The molecule has 86 valence electrons.